The maximum absolute atomic E-state index is 12.9. The van der Waals surface area contributed by atoms with Crippen molar-refractivity contribution in [1.29, 1.82) is 0 Å². The van der Waals surface area contributed by atoms with Crippen LogP contribution in [0.4, 0.5) is 4.79 Å². The number of carbonyl (C=O) groups is 3. The summed E-state index contributed by atoms with van der Waals surface area (Å²) in [6.45, 7) is 4.55. The second kappa shape index (κ2) is 10.8. The Kier molecular flexibility index (Phi) is 8.45. The Morgan fingerprint density at radius 1 is 1.24 bits per heavy atom. The van der Waals surface area contributed by atoms with Crippen molar-refractivity contribution in [3.8, 4) is 0 Å². The van der Waals surface area contributed by atoms with Gasteiger partial charge in [0.05, 0.1) is 7.11 Å². The summed E-state index contributed by atoms with van der Waals surface area (Å²) in [5.74, 6) is -0.474. The zero-order chi connectivity index (χ0) is 21.4. The fraction of sp³-hybridized carbons (Fsp3) is 0.571. The number of hydrogen-bond donors (Lipinski definition) is 1. The minimum absolute atomic E-state index is 0.150. The summed E-state index contributed by atoms with van der Waals surface area (Å²) >= 11 is 0. The van der Waals surface area contributed by atoms with Gasteiger partial charge in [-0.25, -0.2) is 9.86 Å². The monoisotopic (exact) mass is 405 g/mol. The van der Waals surface area contributed by atoms with E-state index in [1.807, 2.05) is 44.2 Å². The number of hydrogen-bond acceptors (Lipinski definition) is 5. The fourth-order valence-electron chi connectivity index (χ4n) is 3.33. The third-order valence-electron chi connectivity index (χ3n) is 4.90. The predicted octanol–water partition coefficient (Wildman–Crippen LogP) is 2.34. The lowest BCUT2D eigenvalue weighted by Gasteiger charge is -2.28. The quantitative estimate of drug-likeness (QED) is 0.671. The van der Waals surface area contributed by atoms with Crippen molar-refractivity contribution in [3.05, 3.63) is 35.9 Å². The highest BCUT2D eigenvalue weighted by Gasteiger charge is 2.37. The summed E-state index contributed by atoms with van der Waals surface area (Å²) in [5, 5.41) is 3.91. The molecule has 1 fully saturated rings. The summed E-state index contributed by atoms with van der Waals surface area (Å²) in [6.07, 6.45) is 1.20. The number of amides is 3. The van der Waals surface area contributed by atoms with Crippen LogP contribution in [0.1, 0.15) is 38.7 Å². The molecule has 1 aromatic carbocycles. The van der Waals surface area contributed by atoms with E-state index in [9.17, 15) is 14.4 Å². The Balaban J connectivity index is 1.99. The number of likely N-dealkylation sites (N-methyl/N-ethyl adjacent to an activating group) is 1. The number of ether oxygens (including phenoxy) is 1. The first-order valence-electron chi connectivity index (χ1n) is 9.92. The molecular formula is C21H31N3O5. The largest absolute Gasteiger partial charge is 0.445 e. The molecule has 0 unspecified atom stereocenters. The molecule has 0 aromatic heterocycles. The SMILES string of the molecule is CON(C)C(=O)[C@H](CC(C)C)NC(=O)[C@@H]1CCCN1C(=O)OCc1ccccc1. The van der Waals surface area contributed by atoms with Crippen molar-refractivity contribution >= 4 is 17.9 Å². The van der Waals surface area contributed by atoms with Gasteiger partial charge >= 0.3 is 6.09 Å². The third-order valence-corrected chi connectivity index (χ3v) is 4.90. The molecule has 1 aliphatic rings. The molecule has 0 saturated carbocycles. The molecule has 160 valence electrons. The van der Waals surface area contributed by atoms with Crippen molar-refractivity contribution in [2.45, 2.75) is 51.8 Å². The lowest BCUT2D eigenvalue weighted by Crippen LogP contribution is -2.53. The number of likely N-dealkylation sites (tertiary alicyclic amines) is 1. The van der Waals surface area contributed by atoms with E-state index in [2.05, 4.69) is 5.32 Å². The van der Waals surface area contributed by atoms with Gasteiger partial charge in [-0.3, -0.25) is 19.3 Å². The number of rotatable bonds is 8. The second-order valence-electron chi connectivity index (χ2n) is 7.60. The van der Waals surface area contributed by atoms with Gasteiger partial charge < -0.3 is 10.1 Å². The Bertz CT molecular complexity index is 695. The van der Waals surface area contributed by atoms with Crippen LogP contribution in [0.25, 0.3) is 0 Å². The molecule has 1 saturated heterocycles. The summed E-state index contributed by atoms with van der Waals surface area (Å²) in [5.41, 5.74) is 0.881. The highest BCUT2D eigenvalue weighted by atomic mass is 16.7. The molecule has 29 heavy (non-hydrogen) atoms. The molecule has 2 rings (SSSR count). The molecule has 0 radical (unpaired) electrons. The van der Waals surface area contributed by atoms with E-state index in [4.69, 9.17) is 9.57 Å². The Hall–Kier alpha value is -2.61. The molecule has 1 aromatic rings. The summed E-state index contributed by atoms with van der Waals surface area (Å²) < 4.78 is 5.38. The lowest BCUT2D eigenvalue weighted by molar-refractivity contribution is -0.172. The van der Waals surface area contributed by atoms with Gasteiger partial charge in [-0.2, -0.15) is 0 Å². The third kappa shape index (κ3) is 6.45. The zero-order valence-electron chi connectivity index (χ0n) is 17.6. The van der Waals surface area contributed by atoms with Crippen LogP contribution < -0.4 is 5.32 Å². The van der Waals surface area contributed by atoms with E-state index in [1.165, 1.54) is 19.1 Å². The minimum Gasteiger partial charge on any atom is -0.445 e. The Morgan fingerprint density at radius 3 is 2.55 bits per heavy atom. The van der Waals surface area contributed by atoms with Crippen molar-refractivity contribution in [2.75, 3.05) is 20.7 Å². The molecule has 3 amide bonds. The van der Waals surface area contributed by atoms with Crippen LogP contribution >= 0.6 is 0 Å². The van der Waals surface area contributed by atoms with E-state index < -0.39 is 18.2 Å². The van der Waals surface area contributed by atoms with Gasteiger partial charge in [0.1, 0.15) is 18.7 Å². The highest BCUT2D eigenvalue weighted by Crippen LogP contribution is 2.20. The van der Waals surface area contributed by atoms with Gasteiger partial charge in [0, 0.05) is 13.6 Å². The van der Waals surface area contributed by atoms with Crippen LogP contribution in [0.3, 0.4) is 0 Å². The van der Waals surface area contributed by atoms with E-state index in [1.54, 1.807) is 0 Å². The van der Waals surface area contributed by atoms with Crippen LogP contribution in [-0.2, 0) is 25.8 Å². The van der Waals surface area contributed by atoms with Crippen LogP contribution in [0.15, 0.2) is 30.3 Å². The standard InChI is InChI=1S/C21H31N3O5/c1-15(2)13-17(20(26)23(3)28-4)22-19(25)18-11-8-12-24(18)21(27)29-14-16-9-6-5-7-10-16/h5-7,9-10,15,17-18H,8,11-14H2,1-4H3,(H,22,25)/t17-,18-/m0/s1. The number of hydroxylamine groups is 2. The van der Waals surface area contributed by atoms with E-state index in [-0.39, 0.29) is 24.3 Å². The molecule has 8 heteroatoms. The fourth-order valence-corrected chi connectivity index (χ4v) is 3.33. The maximum atomic E-state index is 12.9. The molecule has 1 N–H and O–H groups in total. The van der Waals surface area contributed by atoms with Gasteiger partial charge in [-0.1, -0.05) is 44.2 Å². The first kappa shape index (κ1) is 22.7. The first-order valence-corrected chi connectivity index (χ1v) is 9.92. The van der Waals surface area contributed by atoms with Gasteiger partial charge in [0.15, 0.2) is 0 Å². The molecule has 0 spiro atoms. The number of benzene rings is 1. The maximum Gasteiger partial charge on any atom is 0.410 e. The van der Waals surface area contributed by atoms with Crippen LogP contribution in [0.2, 0.25) is 0 Å². The van der Waals surface area contributed by atoms with Gasteiger partial charge in [0.25, 0.3) is 5.91 Å². The van der Waals surface area contributed by atoms with E-state index in [0.717, 1.165) is 10.6 Å². The molecule has 8 nitrogen and oxygen atoms in total. The van der Waals surface area contributed by atoms with E-state index in [0.29, 0.717) is 25.8 Å². The minimum atomic E-state index is -0.713. The van der Waals surface area contributed by atoms with Crippen LogP contribution in [0.5, 0.6) is 0 Å². The average Bonchev–Trinajstić information content (AvgIpc) is 3.21. The average molecular weight is 405 g/mol. The lowest BCUT2D eigenvalue weighted by atomic mass is 10.0. The number of nitrogens with one attached hydrogen (secondary N) is 1. The Morgan fingerprint density at radius 2 is 1.93 bits per heavy atom. The molecular weight excluding hydrogens is 374 g/mol. The normalized spacial score (nSPS) is 17.1. The van der Waals surface area contributed by atoms with Crippen LogP contribution in [0, 0.1) is 5.92 Å². The topological polar surface area (TPSA) is 88.2 Å². The van der Waals surface area contributed by atoms with Gasteiger partial charge in [-0.05, 0) is 30.7 Å². The molecule has 0 bridgehead atoms. The van der Waals surface area contributed by atoms with Gasteiger partial charge in [-0.15, -0.1) is 0 Å². The zero-order valence-corrected chi connectivity index (χ0v) is 17.6. The molecule has 1 aliphatic heterocycles. The smallest absolute Gasteiger partial charge is 0.410 e. The van der Waals surface area contributed by atoms with Crippen molar-refractivity contribution in [1.82, 2.24) is 15.3 Å². The second-order valence-corrected chi connectivity index (χ2v) is 7.60. The summed E-state index contributed by atoms with van der Waals surface area (Å²) in [7, 11) is 2.90. The molecule has 1 heterocycles. The first-order chi connectivity index (χ1) is 13.8. The number of nitrogens with zero attached hydrogens (tertiary/aromatic N) is 2. The number of carbonyl (C=O) groups excluding carboxylic acids is 3. The predicted molar refractivity (Wildman–Crippen MR) is 108 cm³/mol. The summed E-state index contributed by atoms with van der Waals surface area (Å²) in [6, 6.07) is 8.02. The Labute approximate surface area is 172 Å². The highest BCUT2D eigenvalue weighted by molar-refractivity contribution is 5.91. The van der Waals surface area contributed by atoms with Crippen molar-refractivity contribution < 1.29 is 24.0 Å². The van der Waals surface area contributed by atoms with Crippen molar-refractivity contribution in [3.63, 3.8) is 0 Å². The van der Waals surface area contributed by atoms with Crippen LogP contribution in [-0.4, -0.2) is 60.7 Å². The summed E-state index contributed by atoms with van der Waals surface area (Å²) in [4.78, 5) is 44.3. The van der Waals surface area contributed by atoms with Crippen molar-refractivity contribution in [2.24, 2.45) is 5.92 Å². The molecule has 2 atom stereocenters. The van der Waals surface area contributed by atoms with Gasteiger partial charge in [0.2, 0.25) is 5.91 Å². The van der Waals surface area contributed by atoms with E-state index >= 15 is 0 Å². The molecule has 0 aliphatic carbocycles.